The van der Waals surface area contributed by atoms with Gasteiger partial charge in [0.25, 0.3) is 0 Å². The van der Waals surface area contributed by atoms with E-state index in [4.69, 9.17) is 271 Å². The minimum Gasteiger partial charge on any atom is -0.690 e. The van der Waals surface area contributed by atoms with Crippen LogP contribution in [0.1, 0.15) is 0 Å². The van der Waals surface area contributed by atoms with E-state index in [-0.39, 0.29) is 0 Å². The van der Waals surface area contributed by atoms with Gasteiger partial charge in [-0.3, -0.25) is 7.06 Å². The van der Waals surface area contributed by atoms with Gasteiger partial charge in [-0.25, -0.2) is 6.39 Å². The van der Waals surface area contributed by atoms with E-state index in [1.165, 1.54) is 0 Å². The zero-order chi connectivity index (χ0) is 54.8. The van der Waals surface area contributed by atoms with Crippen molar-refractivity contribution in [2.24, 2.45) is 0 Å². The standard InChI is InChI=1S/B69/c1-36-54(37(2)3)63(55(38(4)5)39(6)7)67(62(52(32)33)53(34)35)69(66(60(48(24)25)49(26)27)61(50(28)29)51(30)31)68(64(56(40(8)9)41(10)11)57(42(12)13)43(14)15)65(58(44(16)17)45(18)19)59(46(20)21)47(22)23/q-2. The van der Waals surface area contributed by atoms with Gasteiger partial charge in [-0.15, -0.1) is 0 Å². The van der Waals surface area contributed by atoms with Crippen molar-refractivity contribution in [2.45, 2.75) is 0 Å². The fraction of sp³-hybridized carbons (Fsp3) is 0. The maximum absolute atomic E-state index is 6.82. The van der Waals surface area contributed by atoms with Crippen LogP contribution in [-0.4, -0.2) is 489 Å². The molecule has 0 saturated heterocycles. The summed E-state index contributed by atoms with van der Waals surface area (Å²) in [5, 5.41) is 0. The average Bonchev–Trinajstić information content (AvgIpc) is 3.12. The summed E-state index contributed by atoms with van der Waals surface area (Å²) >= 11 is 0. The summed E-state index contributed by atoms with van der Waals surface area (Å²) in [4.78, 5) is 0. The Bertz CT molecular complexity index is 1130. The Morgan fingerprint density at radius 3 is 0.377 bits per heavy atom. The zero-order valence-electron chi connectivity index (χ0n) is 39.8. The van der Waals surface area contributed by atoms with Crippen LogP contribution in [0, 0.1) is 0 Å². The van der Waals surface area contributed by atoms with E-state index in [0.29, 0.717) is 0 Å². The predicted molar refractivity (Wildman–Crippen MR) is 397 cm³/mol. The Balaban J connectivity index is 11.6. The Morgan fingerprint density at radius 2 is 0.275 bits per heavy atom. The lowest BCUT2D eigenvalue weighted by Gasteiger charge is -2.61. The first-order valence-electron chi connectivity index (χ1n) is 22.7. The van der Waals surface area contributed by atoms with Gasteiger partial charge in [0.2, 0.25) is 0 Å². The van der Waals surface area contributed by atoms with Crippen LogP contribution in [0.4, 0.5) is 0 Å². The summed E-state index contributed by atoms with van der Waals surface area (Å²) in [6.07, 6.45) is -50.2. The van der Waals surface area contributed by atoms with Crippen LogP contribution in [0.2, 0.25) is 0 Å². The van der Waals surface area contributed by atoms with Crippen LogP contribution in [0.25, 0.3) is 0 Å². The van der Waals surface area contributed by atoms with Gasteiger partial charge in [0.1, 0.15) is 0 Å². The maximum Gasteiger partial charge on any atom is -0.0000000000000000000447 e. The second kappa shape index (κ2) is 33.9. The van der Waals surface area contributed by atoms with Crippen LogP contribution in [-0.2, 0) is 0 Å². The Labute approximate surface area is 484 Å². The normalized spacial score (nSPS) is 9.77. The van der Waals surface area contributed by atoms with E-state index in [9.17, 15) is 0 Å². The maximum atomic E-state index is 6.82. The molecule has 0 rings (SSSR count). The van der Waals surface area contributed by atoms with Crippen molar-refractivity contribution in [3.63, 3.8) is 0 Å². The smallest absolute Gasteiger partial charge is 0.0000000000000000000447 e. The van der Waals surface area contributed by atoms with Gasteiger partial charge in [-0.2, -0.15) is 0 Å². The third-order valence-corrected chi connectivity index (χ3v) is 14.4. The van der Waals surface area contributed by atoms with Crippen molar-refractivity contribution in [3.05, 3.63) is 0 Å². The van der Waals surface area contributed by atoms with Gasteiger partial charge >= 0.3 is 0 Å². The molecule has 0 heterocycles. The van der Waals surface area contributed by atoms with Crippen molar-refractivity contribution >= 4 is 489 Å². The van der Waals surface area contributed by atoms with Gasteiger partial charge < -0.3 is 15.5 Å². The fourth-order valence-corrected chi connectivity index (χ4v) is 12.1. The molecule has 73 radical (unpaired) electrons. The molecule has 0 N–H and O–H groups in total. The second-order valence-electron chi connectivity index (χ2n) is 19.2. The number of hydrogen-bond donors (Lipinski definition) is 0. The van der Waals surface area contributed by atoms with E-state index < -0.39 is 211 Å². The highest BCUT2D eigenvalue weighted by molar-refractivity contribution is 8.39. The lowest BCUT2D eigenvalue weighted by atomic mass is 8.21. The SMILES string of the molecule is [B]B([B])B(B([B])[B])B(B([B][B-])B([B])[B-])B(B(B([B])[B])B([B])[B])B(B(B(B([B])[B])B([B])[B])B(B([B])[B])B([B])[B])B(B(B(B([B])[B])B([B])[B])B(B([B])[B])B([B])[B])B(B(B([B])[B])B([B])[B])B(B([B])[B])B([B])[B]. The van der Waals surface area contributed by atoms with Crippen molar-refractivity contribution in [1.29, 1.82) is 0 Å². The fourth-order valence-electron chi connectivity index (χ4n) is 12.1. The highest BCUT2D eigenvalue weighted by atomic mass is 13.5. The lowest BCUT2D eigenvalue weighted by Crippen LogP contribution is -2.98. The molecule has 69 heteroatoms. The van der Waals surface area contributed by atoms with E-state index >= 15 is 0 Å². The first-order chi connectivity index (χ1) is 31.4. The molecule has 0 atom stereocenters. The summed E-state index contributed by atoms with van der Waals surface area (Å²) in [5.41, 5.74) is 0. The highest BCUT2D eigenvalue weighted by Crippen LogP contribution is 2.26. The number of rotatable bonds is 33. The van der Waals surface area contributed by atoms with Crippen LogP contribution in [0.5, 0.6) is 0 Å². The van der Waals surface area contributed by atoms with E-state index in [2.05, 4.69) is 0 Å². The molecule has 0 amide bonds. The molecule has 0 fully saturated rings. The summed E-state index contributed by atoms with van der Waals surface area (Å²) in [5.74, 6) is 0. The Hall–Kier alpha value is 4.48. The van der Waals surface area contributed by atoms with Crippen LogP contribution in [0.15, 0.2) is 0 Å². The van der Waals surface area contributed by atoms with Crippen molar-refractivity contribution in [3.8, 4) is 0 Å². The molecule has 0 aliphatic rings. The summed E-state index contributed by atoms with van der Waals surface area (Å²) < 4.78 is 0. The molecular formula is B69-2. The third-order valence-electron chi connectivity index (χ3n) is 14.4. The minimum atomic E-state index is -1.68. The molecule has 0 aromatic rings. The van der Waals surface area contributed by atoms with E-state index in [1.807, 2.05) is 0 Å². The quantitative estimate of drug-likeness (QED) is 0.0587. The van der Waals surface area contributed by atoms with Crippen molar-refractivity contribution in [2.75, 3.05) is 0 Å². The van der Waals surface area contributed by atoms with Gasteiger partial charge in [-0.1, -0.05) is 6.39 Å². The van der Waals surface area contributed by atoms with Crippen LogP contribution in [0.3, 0.4) is 0 Å². The molecule has 0 saturated carbocycles. The predicted octanol–water partition coefficient (Wildman–Crippen LogP) is -26.3. The summed E-state index contributed by atoms with van der Waals surface area (Å²) in [7, 11) is 236. The molecule has 0 bridgehead atoms. The molecule has 69 heavy (non-hydrogen) atoms. The second-order valence-corrected chi connectivity index (χ2v) is 19.2. The van der Waals surface area contributed by atoms with Gasteiger partial charge in [0.05, 0.1) is 0 Å². The van der Waals surface area contributed by atoms with E-state index in [0.717, 1.165) is 7.06 Å². The molecule has 0 aromatic heterocycles. The highest BCUT2D eigenvalue weighted by Gasteiger charge is 2.63. The molecular weight excluding hydrogens is 746 g/mol. The van der Waals surface area contributed by atoms with Gasteiger partial charge in [-0.05, 0) is 453 Å². The first kappa shape index (κ1) is 73.5. The Morgan fingerprint density at radius 1 is 0.174 bits per heavy atom. The lowest BCUT2D eigenvalue weighted by molar-refractivity contribution is 3.15. The molecule has 0 unspecified atom stereocenters. The molecule has 0 nitrogen and oxygen atoms in total. The van der Waals surface area contributed by atoms with Gasteiger partial charge in [0.15, 0.2) is 0 Å². The number of hydrogen-bond acceptors (Lipinski definition) is 0. The third kappa shape index (κ3) is 19.9. The molecule has 0 spiro atoms. The molecule has 0 aliphatic carbocycles. The summed E-state index contributed by atoms with van der Waals surface area (Å²) in [6.45, 7) is 0. The van der Waals surface area contributed by atoms with E-state index in [1.54, 1.807) is 0 Å². The van der Waals surface area contributed by atoms with Crippen molar-refractivity contribution < 1.29 is 0 Å². The largest absolute Gasteiger partial charge is 0.690 e. The monoisotopic (exact) mass is 760 g/mol. The van der Waals surface area contributed by atoms with Crippen LogP contribution < -0.4 is 0 Å². The summed E-state index contributed by atoms with van der Waals surface area (Å²) in [6, 6.07) is 0. The van der Waals surface area contributed by atoms with Crippen LogP contribution >= 0.6 is 0 Å². The molecule has 209 valence electrons. The Kier molecular flexibility index (Phi) is 36.1. The van der Waals surface area contributed by atoms with Gasteiger partial charge in [0, 0.05) is 0 Å². The minimum absolute atomic E-state index is 1.13. The van der Waals surface area contributed by atoms with Crippen molar-refractivity contribution in [1.82, 2.24) is 0 Å². The molecule has 0 aromatic carbocycles. The average molecular weight is 746 g/mol. The molecule has 0 aliphatic heterocycles. The first-order valence-corrected chi connectivity index (χ1v) is 22.7. The zero-order valence-corrected chi connectivity index (χ0v) is 39.8. The topological polar surface area (TPSA) is 0 Å².